The third-order valence-electron chi connectivity index (χ3n) is 4.98. The van der Waals surface area contributed by atoms with Gasteiger partial charge in [0.1, 0.15) is 0 Å². The molecule has 0 atom stereocenters. The largest absolute Gasteiger partial charge is 0.399 e. The number of nitrogens with two attached hydrogens (primary N) is 1. The van der Waals surface area contributed by atoms with Gasteiger partial charge in [-0.3, -0.25) is 0 Å². The highest BCUT2D eigenvalue weighted by molar-refractivity contribution is 5.82. The molecule has 3 rings (SSSR count). The zero-order valence-corrected chi connectivity index (χ0v) is 16.7. The Morgan fingerprint density at radius 2 is 1.46 bits per heavy atom. The molecule has 0 spiro atoms. The van der Waals surface area contributed by atoms with Gasteiger partial charge in [0.2, 0.25) is 0 Å². The Bertz CT molecular complexity index is 914. The van der Waals surface area contributed by atoms with Crippen LogP contribution in [0.5, 0.6) is 0 Å². The van der Waals surface area contributed by atoms with E-state index in [1.807, 2.05) is 18.2 Å². The lowest BCUT2D eigenvalue weighted by molar-refractivity contribution is 0.976. The topological polar surface area (TPSA) is 26.0 Å². The van der Waals surface area contributed by atoms with E-state index < -0.39 is 0 Å². The van der Waals surface area contributed by atoms with Gasteiger partial charge in [-0.25, -0.2) is 0 Å². The standard InChI is InChI=1S/C27H29N/c1-3-5-7-21-8-12-23(13-9-21)24-14-10-22(11-15-24)20-26(6-4-2)25-16-18-27(28)19-17-25/h3,8-20H,1,4-7,28H2,2H3/b26-20+. The van der Waals surface area contributed by atoms with Crippen molar-refractivity contribution in [2.75, 3.05) is 5.73 Å². The van der Waals surface area contributed by atoms with Gasteiger partial charge >= 0.3 is 0 Å². The van der Waals surface area contributed by atoms with Crippen LogP contribution in [0.25, 0.3) is 22.8 Å². The van der Waals surface area contributed by atoms with Gasteiger partial charge in [-0.15, -0.1) is 6.58 Å². The van der Waals surface area contributed by atoms with Crippen LogP contribution in [0.3, 0.4) is 0 Å². The molecule has 3 aromatic carbocycles. The lowest BCUT2D eigenvalue weighted by Gasteiger charge is -2.09. The van der Waals surface area contributed by atoms with Crippen LogP contribution < -0.4 is 5.73 Å². The second kappa shape index (κ2) is 9.75. The molecule has 0 amide bonds. The molecule has 0 heterocycles. The Balaban J connectivity index is 1.79. The highest BCUT2D eigenvalue weighted by Gasteiger charge is 2.03. The summed E-state index contributed by atoms with van der Waals surface area (Å²) in [5.74, 6) is 0. The molecule has 28 heavy (non-hydrogen) atoms. The Morgan fingerprint density at radius 3 is 2.04 bits per heavy atom. The predicted molar refractivity (Wildman–Crippen MR) is 124 cm³/mol. The fraction of sp³-hybridized carbons (Fsp3) is 0.185. The van der Waals surface area contributed by atoms with Crippen molar-refractivity contribution in [1.29, 1.82) is 0 Å². The fourth-order valence-corrected chi connectivity index (χ4v) is 3.37. The zero-order valence-electron chi connectivity index (χ0n) is 16.7. The van der Waals surface area contributed by atoms with Crippen molar-refractivity contribution >= 4 is 17.3 Å². The van der Waals surface area contributed by atoms with Gasteiger partial charge in [0, 0.05) is 5.69 Å². The summed E-state index contributed by atoms with van der Waals surface area (Å²) in [6.45, 7) is 6.01. The number of hydrogen-bond acceptors (Lipinski definition) is 1. The van der Waals surface area contributed by atoms with Gasteiger partial charge in [-0.05, 0) is 64.8 Å². The summed E-state index contributed by atoms with van der Waals surface area (Å²) in [6.07, 6.45) is 8.51. The number of benzene rings is 3. The van der Waals surface area contributed by atoms with Crippen LogP contribution in [-0.4, -0.2) is 0 Å². The maximum atomic E-state index is 5.83. The van der Waals surface area contributed by atoms with E-state index in [0.29, 0.717) is 0 Å². The first kappa shape index (κ1) is 19.7. The fourth-order valence-electron chi connectivity index (χ4n) is 3.37. The maximum Gasteiger partial charge on any atom is 0.0314 e. The summed E-state index contributed by atoms with van der Waals surface area (Å²) < 4.78 is 0. The molecule has 0 fully saturated rings. The molecule has 0 aliphatic carbocycles. The second-order valence-electron chi connectivity index (χ2n) is 7.19. The summed E-state index contributed by atoms with van der Waals surface area (Å²) in [4.78, 5) is 0. The van der Waals surface area contributed by atoms with Crippen LogP contribution in [-0.2, 0) is 6.42 Å². The van der Waals surface area contributed by atoms with Crippen LogP contribution in [0.1, 0.15) is 42.9 Å². The van der Waals surface area contributed by atoms with Crippen molar-refractivity contribution in [1.82, 2.24) is 0 Å². The van der Waals surface area contributed by atoms with Crippen LogP contribution in [0, 0.1) is 0 Å². The molecule has 0 saturated heterocycles. The number of hydrogen-bond donors (Lipinski definition) is 1. The Hall–Kier alpha value is -3.06. The lowest BCUT2D eigenvalue weighted by atomic mass is 9.97. The highest BCUT2D eigenvalue weighted by atomic mass is 14.5. The van der Waals surface area contributed by atoms with Crippen molar-refractivity contribution in [3.63, 3.8) is 0 Å². The van der Waals surface area contributed by atoms with Gasteiger partial charge in [0.15, 0.2) is 0 Å². The van der Waals surface area contributed by atoms with Gasteiger partial charge in [0.25, 0.3) is 0 Å². The van der Waals surface area contributed by atoms with Crippen molar-refractivity contribution < 1.29 is 0 Å². The van der Waals surface area contributed by atoms with E-state index in [1.165, 1.54) is 33.4 Å². The second-order valence-corrected chi connectivity index (χ2v) is 7.19. The first-order chi connectivity index (χ1) is 13.7. The van der Waals surface area contributed by atoms with Gasteiger partial charge in [-0.1, -0.05) is 86.2 Å². The summed E-state index contributed by atoms with van der Waals surface area (Å²) >= 11 is 0. The first-order valence-corrected chi connectivity index (χ1v) is 10.1. The lowest BCUT2D eigenvalue weighted by Crippen LogP contribution is -1.88. The number of rotatable bonds is 8. The third kappa shape index (κ3) is 5.23. The predicted octanol–water partition coefficient (Wildman–Crippen LogP) is 7.40. The minimum Gasteiger partial charge on any atom is -0.399 e. The number of aryl methyl sites for hydroxylation is 1. The molecular formula is C27H29N. The molecule has 3 aromatic rings. The van der Waals surface area contributed by atoms with Gasteiger partial charge in [-0.2, -0.15) is 0 Å². The van der Waals surface area contributed by atoms with Gasteiger partial charge in [0.05, 0.1) is 0 Å². The van der Waals surface area contributed by atoms with Crippen LogP contribution in [0.15, 0.2) is 85.5 Å². The summed E-state index contributed by atoms with van der Waals surface area (Å²) in [6, 6.07) is 25.8. The summed E-state index contributed by atoms with van der Waals surface area (Å²) in [5, 5.41) is 0. The van der Waals surface area contributed by atoms with E-state index in [0.717, 1.165) is 31.4 Å². The Labute approximate surface area is 169 Å². The van der Waals surface area contributed by atoms with E-state index in [-0.39, 0.29) is 0 Å². The monoisotopic (exact) mass is 367 g/mol. The quantitative estimate of drug-likeness (QED) is 0.250. The van der Waals surface area contributed by atoms with E-state index in [4.69, 9.17) is 5.73 Å². The minimum atomic E-state index is 0.805. The molecule has 0 unspecified atom stereocenters. The highest BCUT2D eigenvalue weighted by Crippen LogP contribution is 2.26. The smallest absolute Gasteiger partial charge is 0.0314 e. The Morgan fingerprint density at radius 1 is 0.857 bits per heavy atom. The van der Waals surface area contributed by atoms with Crippen molar-refractivity contribution in [2.45, 2.75) is 32.6 Å². The normalized spacial score (nSPS) is 11.4. The van der Waals surface area contributed by atoms with Crippen molar-refractivity contribution in [2.24, 2.45) is 0 Å². The number of allylic oxidation sites excluding steroid dienone is 2. The van der Waals surface area contributed by atoms with Gasteiger partial charge < -0.3 is 5.73 Å². The SMILES string of the molecule is C=CCCc1ccc(-c2ccc(/C=C(\CCC)c3ccc(N)cc3)cc2)cc1. The van der Waals surface area contributed by atoms with E-state index in [9.17, 15) is 0 Å². The molecule has 0 aliphatic rings. The number of nitrogen functional groups attached to an aromatic ring is 1. The van der Waals surface area contributed by atoms with Crippen molar-refractivity contribution in [3.05, 3.63) is 102 Å². The molecule has 1 nitrogen and oxygen atoms in total. The Kier molecular flexibility index (Phi) is 6.86. The molecule has 0 saturated carbocycles. The molecule has 0 bridgehead atoms. The summed E-state index contributed by atoms with van der Waals surface area (Å²) in [5.41, 5.74) is 14.3. The zero-order chi connectivity index (χ0) is 19.8. The first-order valence-electron chi connectivity index (χ1n) is 10.1. The molecular weight excluding hydrogens is 338 g/mol. The van der Waals surface area contributed by atoms with Crippen LogP contribution in [0.2, 0.25) is 0 Å². The van der Waals surface area contributed by atoms with E-state index in [1.54, 1.807) is 0 Å². The molecule has 2 N–H and O–H groups in total. The minimum absolute atomic E-state index is 0.805. The maximum absolute atomic E-state index is 5.83. The van der Waals surface area contributed by atoms with Crippen LogP contribution in [0.4, 0.5) is 5.69 Å². The average Bonchev–Trinajstić information content (AvgIpc) is 2.73. The molecule has 142 valence electrons. The molecule has 0 aliphatic heterocycles. The van der Waals surface area contributed by atoms with Crippen LogP contribution >= 0.6 is 0 Å². The molecule has 1 heteroatoms. The van der Waals surface area contributed by atoms with E-state index >= 15 is 0 Å². The average molecular weight is 368 g/mol. The molecule has 0 aromatic heterocycles. The van der Waals surface area contributed by atoms with Crippen molar-refractivity contribution in [3.8, 4) is 11.1 Å². The molecule has 0 radical (unpaired) electrons. The van der Waals surface area contributed by atoms with E-state index in [2.05, 4.69) is 80.2 Å². The number of anilines is 1. The third-order valence-corrected chi connectivity index (χ3v) is 4.98. The summed E-state index contributed by atoms with van der Waals surface area (Å²) in [7, 11) is 0.